The highest BCUT2D eigenvalue weighted by Crippen LogP contribution is 2.33. The molecule has 0 aromatic heterocycles. The number of alkyl halides is 2. The third kappa shape index (κ3) is 8.93. The summed E-state index contributed by atoms with van der Waals surface area (Å²) in [6.07, 6.45) is 13.3. The van der Waals surface area contributed by atoms with Gasteiger partial charge < -0.3 is 14.2 Å². The van der Waals surface area contributed by atoms with E-state index in [9.17, 15) is 13.6 Å². The number of rotatable bonds is 9. The molecule has 2 fully saturated rings. The zero-order valence-electron chi connectivity index (χ0n) is 20.0. The molecule has 6 heteroatoms. The van der Waals surface area contributed by atoms with E-state index in [4.69, 9.17) is 14.2 Å². The summed E-state index contributed by atoms with van der Waals surface area (Å²) < 4.78 is 45.3. The highest BCUT2D eigenvalue weighted by Gasteiger charge is 2.32. The molecule has 0 spiro atoms. The smallest absolute Gasteiger partial charge is 0.331 e. The maximum atomic E-state index is 14.2. The van der Waals surface area contributed by atoms with Crippen LogP contribution in [-0.4, -0.2) is 42.4 Å². The maximum absolute atomic E-state index is 14.2. The molecule has 0 radical (unpaired) electrons. The summed E-state index contributed by atoms with van der Waals surface area (Å²) in [6, 6.07) is 0. The summed E-state index contributed by atoms with van der Waals surface area (Å²) in [5.41, 5.74) is 1.72. The minimum atomic E-state index is -2.75. The lowest BCUT2D eigenvalue weighted by Gasteiger charge is -2.28. The van der Waals surface area contributed by atoms with Crippen LogP contribution in [0.15, 0.2) is 23.3 Å². The Bertz CT molecular complexity index is 688. The molecular weight excluding hydrogens is 414 g/mol. The Labute approximate surface area is 191 Å². The van der Waals surface area contributed by atoms with Crippen LogP contribution in [-0.2, 0) is 19.0 Å². The lowest BCUT2D eigenvalue weighted by atomic mass is 9.96. The first-order chi connectivity index (χ1) is 15.1. The van der Waals surface area contributed by atoms with E-state index in [1.54, 1.807) is 6.08 Å². The Morgan fingerprint density at radius 1 is 1.06 bits per heavy atom. The highest BCUT2D eigenvalue weighted by molar-refractivity contribution is 5.83. The summed E-state index contributed by atoms with van der Waals surface area (Å²) in [6.45, 7) is 5.14. The van der Waals surface area contributed by atoms with E-state index < -0.39 is 18.1 Å². The number of hydrogen-bond donors (Lipinski definition) is 0. The van der Waals surface area contributed by atoms with Crippen LogP contribution < -0.4 is 0 Å². The van der Waals surface area contributed by atoms with Crippen molar-refractivity contribution in [3.05, 3.63) is 23.3 Å². The van der Waals surface area contributed by atoms with E-state index >= 15 is 0 Å². The van der Waals surface area contributed by atoms with Crippen molar-refractivity contribution in [3.63, 3.8) is 0 Å². The first-order valence-corrected chi connectivity index (χ1v) is 12.3. The van der Waals surface area contributed by atoms with Crippen molar-refractivity contribution in [1.29, 1.82) is 0 Å². The molecule has 182 valence electrons. The van der Waals surface area contributed by atoms with Crippen molar-refractivity contribution in [2.75, 3.05) is 6.61 Å². The molecule has 0 N–H and O–H groups in total. The Balaban J connectivity index is 1.36. The van der Waals surface area contributed by atoms with Crippen LogP contribution in [0, 0.1) is 0 Å². The summed E-state index contributed by atoms with van der Waals surface area (Å²) in [5, 5.41) is 0. The van der Waals surface area contributed by atoms with Crippen LogP contribution in [0.1, 0.15) is 97.8 Å². The Morgan fingerprint density at radius 2 is 1.81 bits per heavy atom. The van der Waals surface area contributed by atoms with Crippen LogP contribution >= 0.6 is 0 Å². The third-order valence-corrected chi connectivity index (χ3v) is 6.49. The number of carbonyl (C=O) groups is 1. The second kappa shape index (κ2) is 11.2. The fraction of sp³-hybridized carbons (Fsp3) is 0.808. The van der Waals surface area contributed by atoms with Gasteiger partial charge in [-0.05, 0) is 91.4 Å². The SMILES string of the molecule is CC(C)(C)OC(=O)/C=C1/CCC(OC2CCC=C(CCC(F)(F)COC3CCC3)CC2)C1. The number of halogens is 2. The molecule has 4 nitrogen and oxygen atoms in total. The lowest BCUT2D eigenvalue weighted by molar-refractivity contribution is -0.148. The zero-order chi connectivity index (χ0) is 23.2. The summed E-state index contributed by atoms with van der Waals surface area (Å²) in [7, 11) is 0. The highest BCUT2D eigenvalue weighted by atomic mass is 19.3. The molecule has 0 aromatic rings. The van der Waals surface area contributed by atoms with Gasteiger partial charge in [-0.15, -0.1) is 0 Å². The molecule has 2 atom stereocenters. The second-order valence-electron chi connectivity index (χ2n) is 10.7. The van der Waals surface area contributed by atoms with E-state index in [0.717, 1.165) is 75.4 Å². The van der Waals surface area contributed by atoms with Gasteiger partial charge in [-0.1, -0.05) is 17.2 Å². The van der Waals surface area contributed by atoms with Crippen LogP contribution in [0.4, 0.5) is 8.78 Å². The topological polar surface area (TPSA) is 44.8 Å². The van der Waals surface area contributed by atoms with E-state index in [2.05, 4.69) is 6.08 Å². The summed E-state index contributed by atoms with van der Waals surface area (Å²) >= 11 is 0. The number of carbonyl (C=O) groups excluding carboxylic acids is 1. The second-order valence-corrected chi connectivity index (χ2v) is 10.7. The van der Waals surface area contributed by atoms with Crippen LogP contribution in [0.3, 0.4) is 0 Å². The molecule has 0 amide bonds. The number of allylic oxidation sites excluding steroid dienone is 2. The van der Waals surface area contributed by atoms with Gasteiger partial charge in [-0.2, -0.15) is 0 Å². The van der Waals surface area contributed by atoms with Gasteiger partial charge in [0.15, 0.2) is 0 Å². The molecule has 0 heterocycles. The van der Waals surface area contributed by atoms with Crippen LogP contribution in [0.2, 0.25) is 0 Å². The average Bonchev–Trinajstić information content (AvgIpc) is 2.93. The molecule has 3 aliphatic carbocycles. The van der Waals surface area contributed by atoms with Crippen molar-refractivity contribution >= 4 is 5.97 Å². The third-order valence-electron chi connectivity index (χ3n) is 6.49. The molecule has 0 aromatic carbocycles. The van der Waals surface area contributed by atoms with Gasteiger partial charge >= 0.3 is 5.97 Å². The molecule has 3 rings (SSSR count). The zero-order valence-corrected chi connectivity index (χ0v) is 20.0. The summed E-state index contributed by atoms with van der Waals surface area (Å²) in [4.78, 5) is 12.0. The fourth-order valence-electron chi connectivity index (χ4n) is 4.48. The van der Waals surface area contributed by atoms with E-state index in [1.165, 1.54) is 0 Å². The Hall–Kier alpha value is -1.27. The Kier molecular flexibility index (Phi) is 8.90. The van der Waals surface area contributed by atoms with E-state index in [0.29, 0.717) is 6.42 Å². The normalized spacial score (nSPS) is 26.5. The first-order valence-electron chi connectivity index (χ1n) is 12.3. The number of ether oxygens (including phenoxy) is 3. The average molecular weight is 455 g/mol. The standard InChI is InChI=1S/C26H40F2O4/c1-25(2,3)32-24(29)17-20-11-13-23(16-20)31-22-9-4-6-19(10-12-22)14-15-26(27,28)18-30-21-7-5-8-21/h6,17,21-23H,4-5,7-16,18H2,1-3H3/b20-17-. The molecule has 2 unspecified atom stereocenters. The summed E-state index contributed by atoms with van der Waals surface area (Å²) in [5.74, 6) is -3.04. The monoisotopic (exact) mass is 454 g/mol. The molecule has 2 saturated carbocycles. The van der Waals surface area contributed by atoms with Crippen LogP contribution in [0.25, 0.3) is 0 Å². The van der Waals surface area contributed by atoms with Crippen molar-refractivity contribution < 1.29 is 27.8 Å². The Morgan fingerprint density at radius 3 is 2.50 bits per heavy atom. The van der Waals surface area contributed by atoms with E-state index in [-0.39, 0.29) is 30.7 Å². The quantitative estimate of drug-likeness (QED) is 0.221. The molecule has 0 saturated heterocycles. The lowest BCUT2D eigenvalue weighted by Crippen LogP contribution is -2.30. The van der Waals surface area contributed by atoms with Gasteiger partial charge in [0.1, 0.15) is 12.2 Å². The largest absolute Gasteiger partial charge is 0.457 e. The predicted octanol–water partition coefficient (Wildman–Crippen LogP) is 6.68. The van der Waals surface area contributed by atoms with Crippen LogP contribution in [0.5, 0.6) is 0 Å². The predicted molar refractivity (Wildman–Crippen MR) is 121 cm³/mol. The van der Waals surface area contributed by atoms with E-state index in [1.807, 2.05) is 20.8 Å². The molecule has 32 heavy (non-hydrogen) atoms. The number of esters is 1. The fourth-order valence-corrected chi connectivity index (χ4v) is 4.48. The molecular formula is C26H40F2O4. The first kappa shape index (κ1) is 25.4. The van der Waals surface area contributed by atoms with Crippen molar-refractivity contribution in [2.45, 2.75) is 128 Å². The molecule has 0 aliphatic heterocycles. The van der Waals surface area contributed by atoms with Gasteiger partial charge in [-0.25, -0.2) is 13.6 Å². The van der Waals surface area contributed by atoms with Gasteiger partial charge in [0.2, 0.25) is 0 Å². The van der Waals surface area contributed by atoms with Crippen molar-refractivity contribution in [3.8, 4) is 0 Å². The molecule has 0 bridgehead atoms. The number of hydrogen-bond acceptors (Lipinski definition) is 4. The van der Waals surface area contributed by atoms with Gasteiger partial charge in [0.25, 0.3) is 5.92 Å². The minimum absolute atomic E-state index is 0.0472. The van der Waals surface area contributed by atoms with Crippen molar-refractivity contribution in [2.24, 2.45) is 0 Å². The maximum Gasteiger partial charge on any atom is 0.331 e. The van der Waals surface area contributed by atoms with Crippen molar-refractivity contribution in [1.82, 2.24) is 0 Å². The van der Waals surface area contributed by atoms with Gasteiger partial charge in [-0.3, -0.25) is 0 Å². The van der Waals surface area contributed by atoms with Gasteiger partial charge in [0, 0.05) is 12.5 Å². The molecule has 3 aliphatic rings. The minimum Gasteiger partial charge on any atom is -0.457 e. The van der Waals surface area contributed by atoms with Gasteiger partial charge in [0.05, 0.1) is 18.3 Å².